The molecule has 1 aromatic carbocycles. The van der Waals surface area contributed by atoms with Crippen LogP contribution < -0.4 is 5.32 Å². The third-order valence-electron chi connectivity index (χ3n) is 7.38. The monoisotopic (exact) mass is 366 g/mol. The van der Waals surface area contributed by atoms with Crippen LogP contribution in [0, 0.1) is 30.6 Å². The molecule has 4 saturated carbocycles. The molecule has 3 amide bonds. The molecule has 1 atom stereocenters. The average Bonchev–Trinajstić information content (AvgIpc) is 2.87. The summed E-state index contributed by atoms with van der Waals surface area (Å²) in [4.78, 5) is 39.6. The Hall–Kier alpha value is -2.17. The highest BCUT2D eigenvalue weighted by molar-refractivity contribution is 6.22. The highest BCUT2D eigenvalue weighted by atomic mass is 16.2. The number of hydrogen-bond donors (Lipinski definition) is 1. The summed E-state index contributed by atoms with van der Waals surface area (Å²) in [7, 11) is 0. The van der Waals surface area contributed by atoms with Crippen molar-refractivity contribution in [1.82, 2.24) is 10.2 Å². The van der Waals surface area contributed by atoms with Crippen LogP contribution in [0.15, 0.2) is 18.2 Å². The predicted octanol–water partition coefficient (Wildman–Crippen LogP) is 2.92. The van der Waals surface area contributed by atoms with Gasteiger partial charge >= 0.3 is 0 Å². The first-order valence-electron chi connectivity index (χ1n) is 10.2. The molecule has 1 aromatic rings. The maximum atomic E-state index is 13.0. The lowest BCUT2D eigenvalue weighted by molar-refractivity contribution is -0.128. The van der Waals surface area contributed by atoms with Crippen molar-refractivity contribution >= 4 is 17.7 Å². The molecule has 5 aliphatic rings. The normalized spacial score (nSPS) is 34.7. The molecule has 5 nitrogen and oxygen atoms in total. The quantitative estimate of drug-likeness (QED) is 0.837. The van der Waals surface area contributed by atoms with E-state index >= 15 is 0 Å². The van der Waals surface area contributed by atoms with E-state index in [0.29, 0.717) is 23.0 Å². The minimum atomic E-state index is -0.783. The SMILES string of the molecule is Cc1ccc2c(c1)C(=O)N([C@@H](C)C(=O)NC1C3CC4CC(C3)CC1C4)C2=O. The standard InChI is InChI=1S/C22H26N2O3/c1-11-3-4-17-18(5-11)22(27)24(21(17)26)12(2)20(25)23-19-15-7-13-6-14(9-15)10-16(19)8-13/h3-5,12-16,19H,6-10H2,1-2H3,(H,23,25)/t12-,13?,14?,15?,16?,19?/m0/s1. The number of carbonyl (C=O) groups excluding carboxylic acids is 3. The molecule has 0 spiro atoms. The van der Waals surface area contributed by atoms with Crippen molar-refractivity contribution < 1.29 is 14.4 Å². The lowest BCUT2D eigenvalue weighted by Crippen LogP contribution is -2.59. The van der Waals surface area contributed by atoms with Crippen molar-refractivity contribution in [3.63, 3.8) is 0 Å². The van der Waals surface area contributed by atoms with Gasteiger partial charge in [0.15, 0.2) is 0 Å². The van der Waals surface area contributed by atoms with Crippen LogP contribution in [0.1, 0.15) is 65.3 Å². The number of benzene rings is 1. The van der Waals surface area contributed by atoms with Gasteiger partial charge in [-0.2, -0.15) is 0 Å². The number of aryl methyl sites for hydroxylation is 1. The first-order chi connectivity index (χ1) is 12.9. The van der Waals surface area contributed by atoms with E-state index in [4.69, 9.17) is 0 Å². The van der Waals surface area contributed by atoms with Gasteiger partial charge in [0.1, 0.15) is 6.04 Å². The van der Waals surface area contributed by atoms with E-state index in [1.165, 1.54) is 32.1 Å². The molecule has 0 unspecified atom stereocenters. The first kappa shape index (κ1) is 17.0. The molecule has 142 valence electrons. The van der Waals surface area contributed by atoms with Crippen molar-refractivity contribution in [2.24, 2.45) is 23.7 Å². The number of carbonyl (C=O) groups is 3. The van der Waals surface area contributed by atoms with Crippen LogP contribution in [0.25, 0.3) is 0 Å². The van der Waals surface area contributed by atoms with E-state index in [-0.39, 0.29) is 23.8 Å². The van der Waals surface area contributed by atoms with Crippen LogP contribution in [0.2, 0.25) is 0 Å². The van der Waals surface area contributed by atoms with Gasteiger partial charge in [0, 0.05) is 6.04 Å². The number of rotatable bonds is 3. The fourth-order valence-electron chi connectivity index (χ4n) is 6.29. The molecular weight excluding hydrogens is 340 g/mol. The summed E-state index contributed by atoms with van der Waals surface area (Å²) in [6.07, 6.45) is 6.26. The van der Waals surface area contributed by atoms with E-state index in [1.807, 2.05) is 13.0 Å². The summed E-state index contributed by atoms with van der Waals surface area (Å²) < 4.78 is 0. The number of hydrogen-bond acceptors (Lipinski definition) is 3. The zero-order chi connectivity index (χ0) is 18.9. The molecule has 0 aromatic heterocycles. The minimum absolute atomic E-state index is 0.196. The smallest absolute Gasteiger partial charge is 0.262 e. The number of nitrogens with one attached hydrogen (secondary N) is 1. The summed E-state index contributed by atoms with van der Waals surface area (Å²) in [6.45, 7) is 3.56. The van der Waals surface area contributed by atoms with Gasteiger partial charge in [0.25, 0.3) is 11.8 Å². The number of amides is 3. The van der Waals surface area contributed by atoms with Crippen LogP contribution in [-0.4, -0.2) is 34.7 Å². The summed E-state index contributed by atoms with van der Waals surface area (Å²) in [5.74, 6) is 1.92. The maximum Gasteiger partial charge on any atom is 0.262 e. The van der Waals surface area contributed by atoms with Crippen molar-refractivity contribution in [1.29, 1.82) is 0 Å². The van der Waals surface area contributed by atoms with Crippen LogP contribution in [0.4, 0.5) is 0 Å². The molecule has 27 heavy (non-hydrogen) atoms. The van der Waals surface area contributed by atoms with Gasteiger partial charge in [0.05, 0.1) is 11.1 Å². The van der Waals surface area contributed by atoms with Gasteiger partial charge in [-0.1, -0.05) is 11.6 Å². The second kappa shape index (κ2) is 5.91. The molecule has 0 saturated heterocycles. The first-order valence-corrected chi connectivity index (χ1v) is 10.2. The van der Waals surface area contributed by atoms with Gasteiger partial charge in [0.2, 0.25) is 5.91 Å². The van der Waals surface area contributed by atoms with E-state index in [9.17, 15) is 14.4 Å². The summed E-state index contributed by atoms with van der Waals surface area (Å²) in [5.41, 5.74) is 1.75. The summed E-state index contributed by atoms with van der Waals surface area (Å²) in [6, 6.07) is 4.68. The third kappa shape index (κ3) is 2.54. The van der Waals surface area contributed by atoms with E-state index < -0.39 is 6.04 Å². The average molecular weight is 366 g/mol. The molecule has 1 aliphatic heterocycles. The second-order valence-electron chi connectivity index (χ2n) is 9.17. The van der Waals surface area contributed by atoms with E-state index in [2.05, 4.69) is 5.32 Å². The third-order valence-corrected chi connectivity index (χ3v) is 7.38. The Morgan fingerprint density at radius 1 is 1.00 bits per heavy atom. The van der Waals surface area contributed by atoms with Crippen molar-refractivity contribution in [3.8, 4) is 0 Å². The Kier molecular flexibility index (Phi) is 3.72. The van der Waals surface area contributed by atoms with Gasteiger partial charge in [-0.3, -0.25) is 19.3 Å². The Morgan fingerprint density at radius 2 is 1.59 bits per heavy atom. The minimum Gasteiger partial charge on any atom is -0.351 e. The molecule has 1 N–H and O–H groups in total. The fourth-order valence-corrected chi connectivity index (χ4v) is 6.29. The van der Waals surface area contributed by atoms with E-state index in [0.717, 1.165) is 22.3 Å². The molecule has 0 radical (unpaired) electrons. The zero-order valence-electron chi connectivity index (χ0n) is 15.9. The lowest BCUT2D eigenvalue weighted by atomic mass is 9.54. The second-order valence-corrected chi connectivity index (χ2v) is 9.17. The number of fused-ring (bicyclic) bond motifs is 1. The molecule has 4 aliphatic carbocycles. The highest BCUT2D eigenvalue weighted by Gasteiger charge is 2.49. The Bertz CT molecular complexity index is 818. The predicted molar refractivity (Wildman–Crippen MR) is 100 cm³/mol. The van der Waals surface area contributed by atoms with Crippen molar-refractivity contribution in [2.45, 2.75) is 58.0 Å². The molecule has 6 rings (SSSR count). The van der Waals surface area contributed by atoms with Crippen molar-refractivity contribution in [2.75, 3.05) is 0 Å². The van der Waals surface area contributed by atoms with Gasteiger partial charge in [-0.25, -0.2) is 0 Å². The summed E-state index contributed by atoms with van der Waals surface area (Å²) >= 11 is 0. The van der Waals surface area contributed by atoms with Gasteiger partial charge in [-0.05, 0) is 81.8 Å². The van der Waals surface area contributed by atoms with Crippen LogP contribution in [-0.2, 0) is 4.79 Å². The van der Waals surface area contributed by atoms with E-state index in [1.54, 1.807) is 19.1 Å². The largest absolute Gasteiger partial charge is 0.351 e. The van der Waals surface area contributed by atoms with Crippen LogP contribution >= 0.6 is 0 Å². The highest BCUT2D eigenvalue weighted by Crippen LogP contribution is 2.53. The Balaban J connectivity index is 1.33. The van der Waals surface area contributed by atoms with Gasteiger partial charge in [-0.15, -0.1) is 0 Å². The molecular formula is C22H26N2O3. The zero-order valence-corrected chi connectivity index (χ0v) is 15.9. The topological polar surface area (TPSA) is 66.5 Å². The molecule has 4 fully saturated rings. The maximum absolute atomic E-state index is 13.0. The number of imide groups is 1. The molecule has 4 bridgehead atoms. The van der Waals surface area contributed by atoms with Crippen LogP contribution in [0.3, 0.4) is 0 Å². The van der Waals surface area contributed by atoms with Crippen LogP contribution in [0.5, 0.6) is 0 Å². The lowest BCUT2D eigenvalue weighted by Gasteiger charge is -2.54. The number of nitrogens with zero attached hydrogens (tertiary/aromatic N) is 1. The Labute approximate surface area is 159 Å². The van der Waals surface area contributed by atoms with Crippen molar-refractivity contribution in [3.05, 3.63) is 34.9 Å². The van der Waals surface area contributed by atoms with Gasteiger partial charge < -0.3 is 5.32 Å². The Morgan fingerprint density at radius 3 is 2.22 bits per heavy atom. The molecule has 5 heteroatoms. The fraction of sp³-hybridized carbons (Fsp3) is 0.591. The molecule has 1 heterocycles. The summed E-state index contributed by atoms with van der Waals surface area (Å²) in [5, 5.41) is 3.23.